The Balaban J connectivity index is 1.79. The van der Waals surface area contributed by atoms with E-state index in [0.717, 1.165) is 5.56 Å². The molecule has 2 rings (SSSR count). The van der Waals surface area contributed by atoms with Gasteiger partial charge in [-0.25, -0.2) is 4.39 Å². The zero-order valence-electron chi connectivity index (χ0n) is 13.1. The fourth-order valence-corrected chi connectivity index (χ4v) is 2.19. The van der Waals surface area contributed by atoms with Gasteiger partial charge in [-0.2, -0.15) is 5.26 Å². The lowest BCUT2D eigenvalue weighted by atomic mass is 10.1. The van der Waals surface area contributed by atoms with Crippen molar-refractivity contribution in [3.05, 3.63) is 64.4 Å². The summed E-state index contributed by atoms with van der Waals surface area (Å²) in [6.07, 6.45) is 0.452. The first-order valence-electron chi connectivity index (χ1n) is 7.37. The van der Waals surface area contributed by atoms with Gasteiger partial charge in [-0.3, -0.25) is 9.59 Å². The van der Waals surface area contributed by atoms with E-state index in [-0.39, 0.29) is 23.5 Å². The maximum Gasteiger partial charge on any atom is 0.306 e. The summed E-state index contributed by atoms with van der Waals surface area (Å²) in [6, 6.07) is 12.2. The van der Waals surface area contributed by atoms with Crippen LogP contribution in [0.3, 0.4) is 0 Å². The van der Waals surface area contributed by atoms with Crippen LogP contribution in [0.25, 0.3) is 0 Å². The van der Waals surface area contributed by atoms with Gasteiger partial charge in [0, 0.05) is 11.4 Å². The Hall–Kier alpha value is -2.91. The van der Waals surface area contributed by atoms with Crippen LogP contribution in [-0.4, -0.2) is 18.5 Å². The summed E-state index contributed by atoms with van der Waals surface area (Å²) in [4.78, 5) is 23.5. The van der Waals surface area contributed by atoms with Crippen molar-refractivity contribution in [3.8, 4) is 6.07 Å². The normalized spacial score (nSPS) is 9.96. The quantitative estimate of drug-likeness (QED) is 0.800. The van der Waals surface area contributed by atoms with E-state index in [1.165, 1.54) is 30.3 Å². The smallest absolute Gasteiger partial charge is 0.306 e. The number of rotatable bonds is 6. The molecule has 0 radical (unpaired) electrons. The first kappa shape index (κ1) is 18.4. The summed E-state index contributed by atoms with van der Waals surface area (Å²) in [5, 5.41) is 11.8. The van der Waals surface area contributed by atoms with Crippen LogP contribution in [0.4, 0.5) is 10.1 Å². The van der Waals surface area contributed by atoms with E-state index in [1.54, 1.807) is 12.1 Å². The molecule has 0 unspecified atom stereocenters. The first-order chi connectivity index (χ1) is 12.0. The topological polar surface area (TPSA) is 79.2 Å². The Kier molecular flexibility index (Phi) is 6.49. The molecule has 0 aliphatic rings. The third kappa shape index (κ3) is 5.90. The number of nitrogens with zero attached hydrogens (tertiary/aromatic N) is 1. The lowest BCUT2D eigenvalue weighted by Crippen LogP contribution is -2.21. The van der Waals surface area contributed by atoms with Gasteiger partial charge >= 0.3 is 5.97 Å². The Labute approximate surface area is 149 Å². The summed E-state index contributed by atoms with van der Waals surface area (Å²) < 4.78 is 17.7. The lowest BCUT2D eigenvalue weighted by Gasteiger charge is -2.08. The maximum absolute atomic E-state index is 12.8. The minimum Gasteiger partial charge on any atom is -0.456 e. The van der Waals surface area contributed by atoms with Crippen LogP contribution < -0.4 is 5.32 Å². The molecule has 0 aliphatic carbocycles. The summed E-state index contributed by atoms with van der Waals surface area (Å²) in [5.41, 5.74) is 1.29. The molecule has 0 fully saturated rings. The minimum absolute atomic E-state index is 0.0690. The van der Waals surface area contributed by atoms with E-state index >= 15 is 0 Å². The molecule has 7 heteroatoms. The molecule has 1 amide bonds. The molecule has 0 saturated heterocycles. The molecule has 0 heterocycles. The van der Waals surface area contributed by atoms with Crippen molar-refractivity contribution in [2.45, 2.75) is 12.8 Å². The largest absolute Gasteiger partial charge is 0.456 e. The van der Waals surface area contributed by atoms with Crippen molar-refractivity contribution in [2.24, 2.45) is 0 Å². The summed E-state index contributed by atoms with van der Waals surface area (Å²) in [7, 11) is 0. The molecule has 0 aromatic heterocycles. The summed E-state index contributed by atoms with van der Waals surface area (Å²) >= 11 is 5.82. The molecule has 0 aliphatic heterocycles. The van der Waals surface area contributed by atoms with Crippen LogP contribution >= 0.6 is 11.6 Å². The average Bonchev–Trinajstić information content (AvgIpc) is 2.59. The number of aryl methyl sites for hydroxylation is 1. The highest BCUT2D eigenvalue weighted by molar-refractivity contribution is 6.31. The molecule has 128 valence electrons. The second-order valence-electron chi connectivity index (χ2n) is 5.14. The number of ether oxygens (including phenoxy) is 1. The van der Waals surface area contributed by atoms with Crippen molar-refractivity contribution in [3.63, 3.8) is 0 Å². The van der Waals surface area contributed by atoms with Gasteiger partial charge in [-0.1, -0.05) is 23.7 Å². The van der Waals surface area contributed by atoms with Crippen LogP contribution in [0.5, 0.6) is 0 Å². The van der Waals surface area contributed by atoms with E-state index < -0.39 is 18.5 Å². The third-order valence-electron chi connectivity index (χ3n) is 3.27. The van der Waals surface area contributed by atoms with Crippen molar-refractivity contribution in [2.75, 3.05) is 11.9 Å². The van der Waals surface area contributed by atoms with Gasteiger partial charge in [0.05, 0.1) is 11.3 Å². The fraction of sp³-hybridized carbons (Fsp3) is 0.167. The van der Waals surface area contributed by atoms with Gasteiger partial charge < -0.3 is 10.1 Å². The zero-order valence-corrected chi connectivity index (χ0v) is 13.8. The van der Waals surface area contributed by atoms with Gasteiger partial charge in [-0.15, -0.1) is 0 Å². The number of esters is 1. The molecule has 1 N–H and O–H groups in total. The van der Waals surface area contributed by atoms with Crippen LogP contribution in [0.2, 0.25) is 5.02 Å². The van der Waals surface area contributed by atoms with Crippen molar-refractivity contribution in [1.82, 2.24) is 0 Å². The zero-order chi connectivity index (χ0) is 18.2. The third-order valence-corrected chi connectivity index (χ3v) is 3.51. The minimum atomic E-state index is -0.575. The first-order valence-corrected chi connectivity index (χ1v) is 7.75. The summed E-state index contributed by atoms with van der Waals surface area (Å²) in [6.45, 7) is -0.473. The van der Waals surface area contributed by atoms with Crippen molar-refractivity contribution in [1.29, 1.82) is 5.26 Å². The Bertz CT molecular complexity index is 816. The number of hydrogen-bond donors (Lipinski definition) is 1. The van der Waals surface area contributed by atoms with Crippen molar-refractivity contribution < 1.29 is 18.7 Å². The highest BCUT2D eigenvalue weighted by Crippen LogP contribution is 2.20. The number of halogens is 2. The number of carbonyl (C=O) groups excluding carboxylic acids is 2. The molecule has 0 atom stereocenters. The average molecular weight is 361 g/mol. The monoisotopic (exact) mass is 360 g/mol. The number of hydrogen-bond acceptors (Lipinski definition) is 4. The van der Waals surface area contributed by atoms with Gasteiger partial charge in [0.1, 0.15) is 11.9 Å². The Morgan fingerprint density at radius 2 is 1.92 bits per heavy atom. The molecule has 0 spiro atoms. The second kappa shape index (κ2) is 8.81. The van der Waals surface area contributed by atoms with Gasteiger partial charge in [0.2, 0.25) is 0 Å². The van der Waals surface area contributed by atoms with Crippen LogP contribution in [0, 0.1) is 17.1 Å². The van der Waals surface area contributed by atoms with Gasteiger partial charge in [-0.05, 0) is 42.3 Å². The molecular weight excluding hydrogens is 347 g/mol. The predicted octanol–water partition coefficient (Wildman–Crippen LogP) is 3.47. The fourth-order valence-electron chi connectivity index (χ4n) is 2.02. The van der Waals surface area contributed by atoms with E-state index in [4.69, 9.17) is 21.6 Å². The number of anilines is 1. The number of nitrogens with one attached hydrogen (secondary N) is 1. The molecule has 2 aromatic rings. The number of benzene rings is 2. The van der Waals surface area contributed by atoms with Crippen LogP contribution in [0.1, 0.15) is 17.5 Å². The van der Waals surface area contributed by atoms with E-state index in [0.29, 0.717) is 11.4 Å². The predicted molar refractivity (Wildman–Crippen MR) is 90.5 cm³/mol. The van der Waals surface area contributed by atoms with E-state index in [2.05, 4.69) is 5.32 Å². The maximum atomic E-state index is 12.8. The van der Waals surface area contributed by atoms with Gasteiger partial charge in [0.25, 0.3) is 5.91 Å². The van der Waals surface area contributed by atoms with Gasteiger partial charge in [0.15, 0.2) is 6.61 Å². The molecular formula is C18H14ClFN2O3. The highest BCUT2D eigenvalue weighted by atomic mass is 35.5. The molecule has 5 nitrogen and oxygen atoms in total. The van der Waals surface area contributed by atoms with E-state index in [1.807, 2.05) is 6.07 Å². The Morgan fingerprint density at radius 1 is 1.20 bits per heavy atom. The number of amides is 1. The lowest BCUT2D eigenvalue weighted by molar-refractivity contribution is -0.147. The molecule has 0 bridgehead atoms. The number of nitriles is 1. The second-order valence-corrected chi connectivity index (χ2v) is 5.57. The van der Waals surface area contributed by atoms with Crippen molar-refractivity contribution >= 4 is 29.2 Å². The molecule has 25 heavy (non-hydrogen) atoms. The molecule has 0 saturated carbocycles. The van der Waals surface area contributed by atoms with Crippen LogP contribution in [-0.2, 0) is 20.7 Å². The van der Waals surface area contributed by atoms with Crippen LogP contribution in [0.15, 0.2) is 42.5 Å². The number of carbonyl (C=O) groups is 2. The SMILES string of the molecule is N#Cc1ccc(Cl)cc1NC(=O)COC(=O)CCc1ccc(F)cc1. The molecule has 2 aromatic carbocycles. The standard InChI is InChI=1S/C18H14ClFN2O3/c19-14-5-4-13(10-21)16(9-14)22-17(23)11-25-18(24)8-3-12-1-6-15(20)7-2-12/h1-2,4-7,9H,3,8,11H2,(H,22,23). The van der Waals surface area contributed by atoms with E-state index in [9.17, 15) is 14.0 Å². The Morgan fingerprint density at radius 3 is 2.60 bits per heavy atom. The highest BCUT2D eigenvalue weighted by Gasteiger charge is 2.11. The summed E-state index contributed by atoms with van der Waals surface area (Å²) in [5.74, 6) is -1.47.